The Bertz CT molecular complexity index is 287. The van der Waals surface area contributed by atoms with Crippen molar-refractivity contribution in [3.05, 3.63) is 0 Å². The number of halogens is 1. The zero-order chi connectivity index (χ0) is 13.5. The van der Waals surface area contributed by atoms with Gasteiger partial charge in [-0.1, -0.05) is 40.5 Å². The Hall–Kier alpha value is 0.200. The first-order chi connectivity index (χ1) is 7.82. The first-order valence-electron chi connectivity index (χ1n) is 6.43. The fourth-order valence-electron chi connectivity index (χ4n) is 1.64. The lowest BCUT2D eigenvalue weighted by Crippen LogP contribution is -2.34. The average molecular weight is 284 g/mol. The third-order valence-electron chi connectivity index (χ3n) is 3.02. The summed E-state index contributed by atoms with van der Waals surface area (Å²) in [6, 6.07) is 0. The third kappa shape index (κ3) is 8.01. The molecule has 0 radical (unpaired) electrons. The number of hydrogen-bond acceptors (Lipinski definition) is 2. The van der Waals surface area contributed by atoms with Crippen LogP contribution >= 0.6 is 11.6 Å². The average Bonchev–Trinajstić information content (AvgIpc) is 2.26. The highest BCUT2D eigenvalue weighted by molar-refractivity contribution is 7.89. The lowest BCUT2D eigenvalue weighted by Gasteiger charge is -2.19. The molecule has 1 N–H and O–H groups in total. The summed E-state index contributed by atoms with van der Waals surface area (Å²) < 4.78 is 25.9. The normalized spacial score (nSPS) is 14.5. The largest absolute Gasteiger partial charge is 0.214 e. The van der Waals surface area contributed by atoms with Crippen molar-refractivity contribution in [1.29, 1.82) is 0 Å². The van der Waals surface area contributed by atoms with Gasteiger partial charge in [-0.25, -0.2) is 13.1 Å². The lowest BCUT2D eigenvalue weighted by molar-refractivity contribution is 0.459. The number of rotatable bonds is 9. The maximum absolute atomic E-state index is 11.7. The molecule has 104 valence electrons. The van der Waals surface area contributed by atoms with Gasteiger partial charge in [-0.2, -0.15) is 0 Å². The van der Waals surface area contributed by atoms with Crippen LogP contribution in [0.4, 0.5) is 0 Å². The first kappa shape index (κ1) is 17.2. The highest BCUT2D eigenvalue weighted by Crippen LogP contribution is 2.18. The Morgan fingerprint density at radius 1 is 1.18 bits per heavy atom. The molecule has 0 saturated carbocycles. The van der Waals surface area contributed by atoms with E-state index < -0.39 is 10.0 Å². The molecule has 0 spiro atoms. The van der Waals surface area contributed by atoms with Crippen LogP contribution in [0.2, 0.25) is 0 Å². The molecule has 0 saturated heterocycles. The van der Waals surface area contributed by atoms with Gasteiger partial charge in [0.1, 0.15) is 0 Å². The maximum atomic E-state index is 11.7. The number of sulfonamides is 1. The molecule has 0 rings (SSSR count). The zero-order valence-corrected chi connectivity index (χ0v) is 12.9. The smallest absolute Gasteiger partial charge is 0.211 e. The Labute approximate surface area is 111 Å². The minimum atomic E-state index is -3.16. The van der Waals surface area contributed by atoms with Gasteiger partial charge in [0.05, 0.1) is 5.75 Å². The van der Waals surface area contributed by atoms with Crippen molar-refractivity contribution in [2.45, 2.75) is 52.3 Å². The van der Waals surface area contributed by atoms with Gasteiger partial charge >= 0.3 is 0 Å². The van der Waals surface area contributed by atoms with Gasteiger partial charge < -0.3 is 0 Å². The van der Waals surface area contributed by atoms with Gasteiger partial charge in [0.2, 0.25) is 10.0 Å². The van der Waals surface area contributed by atoms with E-state index in [1.807, 2.05) is 13.8 Å². The van der Waals surface area contributed by atoms with Crippen molar-refractivity contribution in [3.63, 3.8) is 0 Å². The molecule has 0 aromatic heterocycles. The number of hydrogen-bond donors (Lipinski definition) is 1. The summed E-state index contributed by atoms with van der Waals surface area (Å²) in [7, 11) is -3.16. The second-order valence-electron chi connectivity index (χ2n) is 4.94. The lowest BCUT2D eigenvalue weighted by atomic mass is 9.99. The molecule has 1 unspecified atom stereocenters. The van der Waals surface area contributed by atoms with E-state index in [1.54, 1.807) is 0 Å². The molecule has 5 heteroatoms. The highest BCUT2D eigenvalue weighted by atomic mass is 35.5. The molecule has 0 aliphatic heterocycles. The molecule has 0 aliphatic carbocycles. The Morgan fingerprint density at radius 2 is 1.71 bits per heavy atom. The van der Waals surface area contributed by atoms with Crippen LogP contribution in [0.3, 0.4) is 0 Å². The summed E-state index contributed by atoms with van der Waals surface area (Å²) in [5.41, 5.74) is 0. The van der Waals surface area contributed by atoms with Crippen LogP contribution in [-0.4, -0.2) is 26.1 Å². The number of alkyl halides is 1. The summed E-state index contributed by atoms with van der Waals surface area (Å²) in [5.74, 6) is 0.971. The molecule has 1 atom stereocenters. The fraction of sp³-hybridized carbons (Fsp3) is 1.00. The predicted molar refractivity (Wildman–Crippen MR) is 75.0 cm³/mol. The molecule has 0 bridgehead atoms. The second-order valence-corrected chi connectivity index (χ2v) is 7.43. The summed E-state index contributed by atoms with van der Waals surface area (Å²) in [6.45, 7) is 8.54. The number of nitrogens with one attached hydrogen (secondary N) is 1. The van der Waals surface area contributed by atoms with Crippen LogP contribution in [0.5, 0.6) is 0 Å². The van der Waals surface area contributed by atoms with Gasteiger partial charge in [-0.15, -0.1) is 11.6 Å². The molecule has 0 fully saturated rings. The van der Waals surface area contributed by atoms with Gasteiger partial charge in [0.15, 0.2) is 0 Å². The van der Waals surface area contributed by atoms with Crippen LogP contribution in [0.1, 0.15) is 47.0 Å². The minimum Gasteiger partial charge on any atom is -0.214 e. The summed E-state index contributed by atoms with van der Waals surface area (Å²) in [5, 5.41) is -0.112. The topological polar surface area (TPSA) is 46.2 Å². The minimum absolute atomic E-state index is 0.112. The van der Waals surface area contributed by atoms with Crippen molar-refractivity contribution in [2.75, 3.05) is 12.3 Å². The SMILES string of the molecule is CCC(CC)C(Cl)CNS(=O)(=O)CCC(C)C. The molecule has 0 heterocycles. The molecule has 3 nitrogen and oxygen atoms in total. The van der Waals surface area contributed by atoms with E-state index in [-0.39, 0.29) is 11.1 Å². The Kier molecular flexibility index (Phi) is 8.43. The molecule has 0 aromatic rings. The van der Waals surface area contributed by atoms with Crippen molar-refractivity contribution < 1.29 is 8.42 Å². The van der Waals surface area contributed by atoms with Crippen LogP contribution < -0.4 is 4.72 Å². The molecular formula is C12H26ClNO2S. The Balaban J connectivity index is 4.08. The van der Waals surface area contributed by atoms with Gasteiger partial charge in [-0.05, 0) is 18.3 Å². The molecule has 0 aromatic carbocycles. The summed E-state index contributed by atoms with van der Waals surface area (Å²) in [6.07, 6.45) is 2.66. The van der Waals surface area contributed by atoms with Crippen molar-refractivity contribution in [3.8, 4) is 0 Å². The third-order valence-corrected chi connectivity index (χ3v) is 4.91. The molecule has 0 amide bonds. The van der Waals surface area contributed by atoms with E-state index in [2.05, 4.69) is 18.6 Å². The summed E-state index contributed by atoms with van der Waals surface area (Å²) >= 11 is 6.19. The maximum Gasteiger partial charge on any atom is 0.211 e. The Morgan fingerprint density at radius 3 is 2.12 bits per heavy atom. The van der Waals surface area contributed by atoms with E-state index in [0.717, 1.165) is 12.8 Å². The van der Waals surface area contributed by atoms with Gasteiger partial charge in [-0.3, -0.25) is 0 Å². The highest BCUT2D eigenvalue weighted by Gasteiger charge is 2.18. The van der Waals surface area contributed by atoms with Gasteiger partial charge in [0, 0.05) is 11.9 Å². The second kappa shape index (κ2) is 8.33. The van der Waals surface area contributed by atoms with E-state index in [9.17, 15) is 8.42 Å². The van der Waals surface area contributed by atoms with Crippen LogP contribution in [0.25, 0.3) is 0 Å². The van der Waals surface area contributed by atoms with Crippen molar-refractivity contribution in [2.24, 2.45) is 11.8 Å². The van der Waals surface area contributed by atoms with E-state index in [0.29, 0.717) is 24.8 Å². The summed E-state index contributed by atoms with van der Waals surface area (Å²) in [4.78, 5) is 0. The van der Waals surface area contributed by atoms with Crippen molar-refractivity contribution in [1.82, 2.24) is 4.72 Å². The quantitative estimate of drug-likeness (QED) is 0.661. The van der Waals surface area contributed by atoms with Gasteiger partial charge in [0.25, 0.3) is 0 Å². The van der Waals surface area contributed by atoms with Crippen molar-refractivity contribution >= 4 is 21.6 Å². The van der Waals surface area contributed by atoms with Crippen LogP contribution in [-0.2, 0) is 10.0 Å². The van der Waals surface area contributed by atoms with Crippen LogP contribution in [0.15, 0.2) is 0 Å². The fourth-order valence-corrected chi connectivity index (χ4v) is 3.52. The van der Waals surface area contributed by atoms with E-state index in [4.69, 9.17) is 11.6 Å². The van der Waals surface area contributed by atoms with Crippen LogP contribution in [0, 0.1) is 11.8 Å². The molecule has 17 heavy (non-hydrogen) atoms. The molecule has 0 aliphatic rings. The monoisotopic (exact) mass is 283 g/mol. The standard InChI is InChI=1S/C12H26ClNO2S/c1-5-11(6-2)12(13)9-14-17(15,16)8-7-10(3)4/h10-12,14H,5-9H2,1-4H3. The van der Waals surface area contributed by atoms with E-state index in [1.165, 1.54) is 0 Å². The van der Waals surface area contributed by atoms with E-state index >= 15 is 0 Å². The predicted octanol–water partition coefficient (Wildman–Crippen LogP) is 3.00. The first-order valence-corrected chi connectivity index (χ1v) is 8.52. The zero-order valence-electron chi connectivity index (χ0n) is 11.4. The molecular weight excluding hydrogens is 258 g/mol.